The topological polar surface area (TPSA) is 68.0 Å². The third-order valence-electron chi connectivity index (χ3n) is 2.72. The molecule has 0 fully saturated rings. The molecule has 0 bridgehead atoms. The lowest BCUT2D eigenvalue weighted by molar-refractivity contribution is -0.123. The molecule has 0 aliphatic carbocycles. The second-order valence-electron chi connectivity index (χ2n) is 4.72. The Morgan fingerprint density at radius 2 is 1.89 bits per heavy atom. The summed E-state index contributed by atoms with van der Waals surface area (Å²) in [6, 6.07) is 3.30. The van der Waals surface area contributed by atoms with E-state index in [9.17, 15) is 4.79 Å². The first kappa shape index (κ1) is 20.5. The molecule has 0 aliphatic rings. The minimum Gasteiger partial charge on any atom is -0.346 e. The summed E-state index contributed by atoms with van der Waals surface area (Å²) < 4.78 is 0. The maximum atomic E-state index is 11.7. The summed E-state index contributed by atoms with van der Waals surface area (Å²) in [4.78, 5) is 16.0. The normalized spacial score (nSPS) is 12.9. The van der Waals surface area contributed by atoms with Crippen LogP contribution in [0.5, 0.6) is 0 Å². The van der Waals surface area contributed by atoms with E-state index < -0.39 is 6.04 Å². The van der Waals surface area contributed by atoms with E-state index in [1.807, 2.05) is 19.1 Å². The number of halogens is 2. The number of nitrogens with one attached hydrogen (secondary N) is 1. The number of rotatable bonds is 4. The molecular formula is C13H23Cl2N3O. The Labute approximate surface area is 127 Å². The predicted molar refractivity (Wildman–Crippen MR) is 82.8 cm³/mol. The smallest absolute Gasteiger partial charge is 0.237 e. The van der Waals surface area contributed by atoms with Gasteiger partial charge < -0.3 is 11.1 Å². The van der Waals surface area contributed by atoms with E-state index in [1.54, 1.807) is 13.1 Å². The van der Waals surface area contributed by atoms with Crippen LogP contribution in [0.15, 0.2) is 18.3 Å². The maximum Gasteiger partial charge on any atom is 0.237 e. The lowest BCUT2D eigenvalue weighted by Crippen LogP contribution is -2.42. The van der Waals surface area contributed by atoms with Crippen LogP contribution in [-0.4, -0.2) is 16.9 Å². The van der Waals surface area contributed by atoms with Crippen molar-refractivity contribution in [3.05, 3.63) is 29.6 Å². The number of amides is 1. The molecule has 6 heteroatoms. The number of carbonyl (C=O) groups is 1. The van der Waals surface area contributed by atoms with E-state index >= 15 is 0 Å². The fourth-order valence-corrected chi connectivity index (χ4v) is 1.66. The third kappa shape index (κ3) is 5.76. The van der Waals surface area contributed by atoms with Gasteiger partial charge in [0.2, 0.25) is 5.91 Å². The first-order valence-electron chi connectivity index (χ1n) is 5.91. The Morgan fingerprint density at radius 1 is 1.32 bits per heavy atom. The fourth-order valence-electron chi connectivity index (χ4n) is 1.66. The molecule has 0 saturated heterocycles. The largest absolute Gasteiger partial charge is 0.346 e. The highest BCUT2D eigenvalue weighted by molar-refractivity contribution is 5.85. The van der Waals surface area contributed by atoms with Gasteiger partial charge >= 0.3 is 0 Å². The molecule has 0 aliphatic heterocycles. The van der Waals surface area contributed by atoms with Crippen molar-refractivity contribution in [2.45, 2.75) is 39.8 Å². The summed E-state index contributed by atoms with van der Waals surface area (Å²) in [5.74, 6) is 0.125. The molecule has 19 heavy (non-hydrogen) atoms. The first-order valence-corrected chi connectivity index (χ1v) is 5.91. The van der Waals surface area contributed by atoms with Gasteiger partial charge in [0.25, 0.3) is 0 Å². The number of nitrogens with two attached hydrogens (primary N) is 1. The number of hydrogen-bond acceptors (Lipinski definition) is 3. The zero-order chi connectivity index (χ0) is 13.0. The van der Waals surface area contributed by atoms with Crippen molar-refractivity contribution in [3.63, 3.8) is 0 Å². The molecule has 0 saturated carbocycles. The average molecular weight is 308 g/mol. The van der Waals surface area contributed by atoms with Crippen molar-refractivity contribution >= 4 is 30.7 Å². The third-order valence-corrected chi connectivity index (χ3v) is 2.72. The maximum absolute atomic E-state index is 11.7. The van der Waals surface area contributed by atoms with Crippen molar-refractivity contribution in [1.29, 1.82) is 0 Å². The molecule has 1 aromatic rings. The molecule has 3 N–H and O–H groups in total. The molecule has 1 rings (SSSR count). The van der Waals surface area contributed by atoms with Gasteiger partial charge in [0.05, 0.1) is 17.8 Å². The quantitative estimate of drug-likeness (QED) is 0.897. The highest BCUT2D eigenvalue weighted by Gasteiger charge is 2.22. The summed E-state index contributed by atoms with van der Waals surface area (Å²) in [6.07, 6.45) is 1.75. The van der Waals surface area contributed by atoms with Crippen molar-refractivity contribution in [3.8, 4) is 0 Å². The van der Waals surface area contributed by atoms with Gasteiger partial charge in [-0.2, -0.15) is 0 Å². The molecule has 1 amide bonds. The number of hydrogen-bond donors (Lipinski definition) is 2. The highest BCUT2D eigenvalue weighted by Crippen LogP contribution is 2.22. The summed E-state index contributed by atoms with van der Waals surface area (Å²) in [7, 11) is 0. The zero-order valence-electron chi connectivity index (χ0n) is 11.7. The van der Waals surface area contributed by atoms with Gasteiger partial charge in [0.15, 0.2) is 0 Å². The lowest BCUT2D eigenvalue weighted by Gasteiger charge is -2.24. The van der Waals surface area contributed by atoms with Crippen LogP contribution in [0.4, 0.5) is 0 Å². The van der Waals surface area contributed by atoms with Gasteiger partial charge in [-0.15, -0.1) is 24.8 Å². The highest BCUT2D eigenvalue weighted by atomic mass is 35.5. The summed E-state index contributed by atoms with van der Waals surface area (Å²) in [6.45, 7) is 7.79. The Morgan fingerprint density at radius 3 is 2.32 bits per heavy atom. The van der Waals surface area contributed by atoms with Gasteiger partial charge in [-0.3, -0.25) is 9.78 Å². The van der Waals surface area contributed by atoms with E-state index in [-0.39, 0.29) is 42.7 Å². The van der Waals surface area contributed by atoms with E-state index in [4.69, 9.17) is 5.73 Å². The van der Waals surface area contributed by atoms with Gasteiger partial charge in [-0.05, 0) is 31.4 Å². The van der Waals surface area contributed by atoms with Crippen LogP contribution in [0.2, 0.25) is 0 Å². The summed E-state index contributed by atoms with van der Waals surface area (Å²) >= 11 is 0. The second-order valence-corrected chi connectivity index (χ2v) is 4.72. The molecule has 1 unspecified atom stereocenters. The number of aromatic nitrogens is 1. The Balaban J connectivity index is 0. The van der Waals surface area contributed by atoms with Crippen LogP contribution in [0.3, 0.4) is 0 Å². The standard InChI is InChI=1S/C13H21N3O.2ClH/c1-8(2)11(16-13(17)10(4)14)12-9(3)6-5-7-15-12;;/h5-8,10-11H,14H2,1-4H3,(H,16,17);2*1H/t10-,11?;;/m1../s1. The number of nitrogens with zero attached hydrogens (tertiary/aromatic N) is 1. The van der Waals surface area contributed by atoms with Crippen LogP contribution < -0.4 is 11.1 Å². The predicted octanol–water partition coefficient (Wildman–Crippen LogP) is 2.39. The van der Waals surface area contributed by atoms with E-state index in [0.717, 1.165) is 11.3 Å². The average Bonchev–Trinajstić information content (AvgIpc) is 2.26. The fraction of sp³-hybridized carbons (Fsp3) is 0.538. The summed E-state index contributed by atoms with van der Waals surface area (Å²) in [5.41, 5.74) is 7.56. The molecule has 110 valence electrons. The number of aryl methyl sites for hydroxylation is 1. The molecule has 0 radical (unpaired) electrons. The number of carbonyl (C=O) groups excluding carboxylic acids is 1. The molecular weight excluding hydrogens is 285 g/mol. The van der Waals surface area contributed by atoms with Crippen molar-refractivity contribution < 1.29 is 4.79 Å². The molecule has 0 aromatic carbocycles. The van der Waals surface area contributed by atoms with Crippen LogP contribution in [0, 0.1) is 12.8 Å². The molecule has 0 spiro atoms. The molecule has 1 aromatic heterocycles. The van der Waals surface area contributed by atoms with Crippen LogP contribution in [-0.2, 0) is 4.79 Å². The van der Waals surface area contributed by atoms with Gasteiger partial charge in [-0.1, -0.05) is 19.9 Å². The van der Waals surface area contributed by atoms with Gasteiger partial charge in [0, 0.05) is 6.20 Å². The van der Waals surface area contributed by atoms with Crippen molar-refractivity contribution in [2.75, 3.05) is 0 Å². The van der Waals surface area contributed by atoms with Crippen molar-refractivity contribution in [2.24, 2.45) is 11.7 Å². The first-order chi connectivity index (χ1) is 7.93. The lowest BCUT2D eigenvalue weighted by atomic mass is 9.97. The Hall–Kier alpha value is -0.840. The number of pyridine rings is 1. The van der Waals surface area contributed by atoms with Crippen LogP contribution in [0.1, 0.15) is 38.1 Å². The zero-order valence-corrected chi connectivity index (χ0v) is 13.3. The second kappa shape index (κ2) is 9.13. The van der Waals surface area contributed by atoms with Gasteiger partial charge in [0.1, 0.15) is 0 Å². The summed E-state index contributed by atoms with van der Waals surface area (Å²) in [5, 5.41) is 2.95. The Kier molecular flexibility index (Phi) is 9.84. The molecule has 2 atom stereocenters. The van der Waals surface area contributed by atoms with Crippen LogP contribution in [0.25, 0.3) is 0 Å². The molecule has 1 heterocycles. The monoisotopic (exact) mass is 307 g/mol. The van der Waals surface area contributed by atoms with E-state index in [2.05, 4.69) is 24.1 Å². The Bertz CT molecular complexity index is 397. The van der Waals surface area contributed by atoms with E-state index in [1.165, 1.54) is 0 Å². The van der Waals surface area contributed by atoms with Gasteiger partial charge in [-0.25, -0.2) is 0 Å². The van der Waals surface area contributed by atoms with Crippen molar-refractivity contribution in [1.82, 2.24) is 10.3 Å². The van der Waals surface area contributed by atoms with Crippen LogP contribution >= 0.6 is 24.8 Å². The SMILES string of the molecule is Cc1cccnc1C(NC(=O)[C@@H](C)N)C(C)C.Cl.Cl. The minimum atomic E-state index is -0.500. The minimum absolute atomic E-state index is 0. The van der Waals surface area contributed by atoms with E-state index in [0.29, 0.717) is 0 Å². The molecule has 4 nitrogen and oxygen atoms in total.